The second-order valence-electron chi connectivity index (χ2n) is 8.71. The molecule has 0 aliphatic rings. The molecule has 0 saturated carbocycles. The number of unbranched alkanes of at least 4 members (excludes halogenated alkanes) is 8. The number of hydrogen-bond acceptors (Lipinski definition) is 4. The van der Waals surface area contributed by atoms with Crippen molar-refractivity contribution in [1.82, 2.24) is 0 Å². The summed E-state index contributed by atoms with van der Waals surface area (Å²) in [5.41, 5.74) is 0.835. The Morgan fingerprint density at radius 2 is 1.44 bits per heavy atom. The minimum absolute atomic E-state index is 0.0210. The van der Waals surface area contributed by atoms with Crippen molar-refractivity contribution >= 4 is 11.0 Å². The van der Waals surface area contributed by atoms with E-state index >= 15 is 0 Å². The van der Waals surface area contributed by atoms with Crippen LogP contribution in [0.2, 0.25) is 0 Å². The molecule has 0 amide bonds. The second kappa shape index (κ2) is 13.8. The van der Waals surface area contributed by atoms with E-state index in [1.165, 1.54) is 51.0 Å². The summed E-state index contributed by atoms with van der Waals surface area (Å²) in [7, 11) is 0. The molecule has 0 bridgehead atoms. The Hall–Kier alpha value is -2.49. The van der Waals surface area contributed by atoms with E-state index < -0.39 is 0 Å². The van der Waals surface area contributed by atoms with Crippen LogP contribution in [0.3, 0.4) is 0 Å². The van der Waals surface area contributed by atoms with Crippen LogP contribution in [-0.2, 0) is 6.42 Å². The highest BCUT2D eigenvalue weighted by Crippen LogP contribution is 2.37. The molecule has 1 aromatic carbocycles. The smallest absolute Gasteiger partial charge is 0.196 e. The molecule has 32 heavy (non-hydrogen) atoms. The van der Waals surface area contributed by atoms with Gasteiger partial charge >= 0.3 is 0 Å². The first-order chi connectivity index (χ1) is 15.5. The molecule has 4 nitrogen and oxygen atoms in total. The van der Waals surface area contributed by atoms with E-state index in [0.717, 1.165) is 25.7 Å². The molecule has 176 valence electrons. The van der Waals surface area contributed by atoms with Crippen molar-refractivity contribution in [1.29, 1.82) is 0 Å². The fraction of sp³-hybridized carbons (Fsp3) is 0.536. The Balaban J connectivity index is 1.67. The highest BCUT2D eigenvalue weighted by Gasteiger charge is 2.18. The van der Waals surface area contributed by atoms with Crippen LogP contribution in [0, 0.1) is 13.8 Å². The molecule has 2 rings (SSSR count). The van der Waals surface area contributed by atoms with Gasteiger partial charge in [0.25, 0.3) is 0 Å². The molecule has 0 aliphatic heterocycles. The highest BCUT2D eigenvalue weighted by molar-refractivity contribution is 5.89. The highest BCUT2D eigenvalue weighted by atomic mass is 16.3. The van der Waals surface area contributed by atoms with Crippen molar-refractivity contribution in [3.63, 3.8) is 0 Å². The molecule has 0 radical (unpaired) electrons. The number of phenols is 2. The van der Waals surface area contributed by atoms with E-state index in [4.69, 9.17) is 4.42 Å². The Bertz CT molecular complexity index is 966. The summed E-state index contributed by atoms with van der Waals surface area (Å²) in [6.45, 7) is 5.53. The van der Waals surface area contributed by atoms with Gasteiger partial charge in [-0.05, 0) is 52.4 Å². The molecule has 0 saturated heterocycles. The van der Waals surface area contributed by atoms with Crippen LogP contribution in [0.5, 0.6) is 11.5 Å². The van der Waals surface area contributed by atoms with E-state index in [1.807, 2.05) is 0 Å². The van der Waals surface area contributed by atoms with Gasteiger partial charge in [-0.2, -0.15) is 0 Å². The molecule has 0 fully saturated rings. The van der Waals surface area contributed by atoms with Crippen LogP contribution in [-0.4, -0.2) is 10.2 Å². The summed E-state index contributed by atoms with van der Waals surface area (Å²) in [5, 5.41) is 20.5. The van der Waals surface area contributed by atoms with E-state index in [1.54, 1.807) is 13.8 Å². The summed E-state index contributed by atoms with van der Waals surface area (Å²) in [6.07, 6.45) is 22.7. The summed E-state index contributed by atoms with van der Waals surface area (Å²) in [5.74, 6) is 0.395. The number of aromatic hydroxyl groups is 2. The van der Waals surface area contributed by atoms with Gasteiger partial charge in [0.2, 0.25) is 0 Å². The average molecular weight is 441 g/mol. The van der Waals surface area contributed by atoms with Gasteiger partial charge in [0.05, 0.1) is 0 Å². The third kappa shape index (κ3) is 7.58. The van der Waals surface area contributed by atoms with Gasteiger partial charge in [0, 0.05) is 23.6 Å². The zero-order valence-electron chi connectivity index (χ0n) is 20.1. The Kier molecular flexibility index (Phi) is 11.1. The third-order valence-corrected chi connectivity index (χ3v) is 6.02. The average Bonchev–Trinajstić information content (AvgIpc) is 2.78. The molecule has 2 N–H and O–H groups in total. The molecule has 1 aromatic heterocycles. The van der Waals surface area contributed by atoms with Crippen molar-refractivity contribution in [2.24, 2.45) is 0 Å². The molecule has 4 heteroatoms. The van der Waals surface area contributed by atoms with Gasteiger partial charge < -0.3 is 14.6 Å². The predicted octanol–water partition coefficient (Wildman–Crippen LogP) is 7.79. The lowest BCUT2D eigenvalue weighted by Gasteiger charge is -2.11. The van der Waals surface area contributed by atoms with Crippen molar-refractivity contribution in [3.05, 3.63) is 57.5 Å². The first-order valence-corrected chi connectivity index (χ1v) is 12.2. The lowest BCUT2D eigenvalue weighted by atomic mass is 10.0. The number of fused-ring (bicyclic) bond motifs is 1. The molecular weight excluding hydrogens is 400 g/mol. The predicted molar refractivity (Wildman–Crippen MR) is 134 cm³/mol. The van der Waals surface area contributed by atoms with Crippen LogP contribution in [0.1, 0.15) is 94.4 Å². The SMILES string of the molecule is CCCCC/C=C\C/C=C\CCCCCCCc1cc(=O)c2c(O)c(C)c(O)c(C)c2o1. The Morgan fingerprint density at radius 3 is 2.12 bits per heavy atom. The maximum Gasteiger partial charge on any atom is 0.196 e. The zero-order chi connectivity index (χ0) is 23.3. The van der Waals surface area contributed by atoms with Gasteiger partial charge in [-0.25, -0.2) is 0 Å². The van der Waals surface area contributed by atoms with Crippen LogP contribution in [0.25, 0.3) is 11.0 Å². The maximum absolute atomic E-state index is 12.5. The van der Waals surface area contributed by atoms with Gasteiger partial charge in [0.15, 0.2) is 5.43 Å². The molecule has 0 spiro atoms. The third-order valence-electron chi connectivity index (χ3n) is 6.02. The first kappa shape index (κ1) is 25.8. The van der Waals surface area contributed by atoms with E-state index in [-0.39, 0.29) is 27.9 Å². The minimum atomic E-state index is -0.257. The van der Waals surface area contributed by atoms with Crippen LogP contribution in [0.4, 0.5) is 0 Å². The molecular formula is C28H40O4. The molecule has 2 aromatic rings. The fourth-order valence-corrected chi connectivity index (χ4v) is 3.95. The quantitative estimate of drug-likeness (QED) is 0.232. The molecule has 0 unspecified atom stereocenters. The van der Waals surface area contributed by atoms with Gasteiger partial charge in [-0.1, -0.05) is 63.3 Å². The fourth-order valence-electron chi connectivity index (χ4n) is 3.95. The topological polar surface area (TPSA) is 70.7 Å². The van der Waals surface area contributed by atoms with Gasteiger partial charge in [-0.3, -0.25) is 4.79 Å². The van der Waals surface area contributed by atoms with Gasteiger partial charge in [-0.15, -0.1) is 0 Å². The molecule has 0 atom stereocenters. The summed E-state index contributed by atoms with van der Waals surface area (Å²) in [6, 6.07) is 1.47. The normalized spacial score (nSPS) is 12.0. The first-order valence-electron chi connectivity index (χ1n) is 12.2. The Morgan fingerprint density at radius 1 is 0.812 bits per heavy atom. The van der Waals surface area contributed by atoms with Crippen LogP contribution in [0.15, 0.2) is 39.6 Å². The van der Waals surface area contributed by atoms with E-state index in [9.17, 15) is 15.0 Å². The largest absolute Gasteiger partial charge is 0.507 e. The number of hydrogen-bond donors (Lipinski definition) is 2. The summed E-state index contributed by atoms with van der Waals surface area (Å²) < 4.78 is 5.87. The standard InChI is InChI=1S/C28H40O4/c1-4-5-6-7-8-9-10-11-12-13-14-15-16-17-18-19-23-20-24(29)25-27(31)21(2)26(30)22(3)28(25)32-23/h8-9,11-12,20,30-31H,4-7,10,13-19H2,1-3H3/b9-8-,12-11-. The molecule has 1 heterocycles. The number of allylic oxidation sites excluding steroid dienone is 4. The molecule has 0 aliphatic carbocycles. The van der Waals surface area contributed by atoms with Crippen molar-refractivity contribution in [2.45, 2.75) is 97.8 Å². The van der Waals surface area contributed by atoms with Crippen molar-refractivity contribution < 1.29 is 14.6 Å². The number of rotatable bonds is 14. The monoisotopic (exact) mass is 440 g/mol. The van der Waals surface area contributed by atoms with Crippen molar-refractivity contribution in [3.8, 4) is 11.5 Å². The lowest BCUT2D eigenvalue weighted by Crippen LogP contribution is -2.04. The number of phenolic OH excluding ortho intramolecular Hbond substituents is 2. The van der Waals surface area contributed by atoms with Crippen LogP contribution >= 0.6 is 0 Å². The summed E-state index contributed by atoms with van der Waals surface area (Å²) >= 11 is 0. The summed E-state index contributed by atoms with van der Waals surface area (Å²) in [4.78, 5) is 12.5. The lowest BCUT2D eigenvalue weighted by molar-refractivity contribution is 0.439. The minimum Gasteiger partial charge on any atom is -0.507 e. The number of aryl methyl sites for hydroxylation is 2. The van der Waals surface area contributed by atoms with Crippen molar-refractivity contribution in [2.75, 3.05) is 0 Å². The zero-order valence-corrected chi connectivity index (χ0v) is 20.1. The van der Waals surface area contributed by atoms with Crippen LogP contribution < -0.4 is 5.43 Å². The Labute approximate surface area is 192 Å². The second-order valence-corrected chi connectivity index (χ2v) is 8.71. The van der Waals surface area contributed by atoms with Gasteiger partial charge in [0.1, 0.15) is 28.2 Å². The van der Waals surface area contributed by atoms with E-state index in [2.05, 4.69) is 31.2 Å². The van der Waals surface area contributed by atoms with E-state index in [0.29, 0.717) is 23.3 Å². The number of benzene rings is 1. The maximum atomic E-state index is 12.5.